The maximum atomic E-state index is 15.6. The highest BCUT2D eigenvalue weighted by Gasteiger charge is 2.26. The summed E-state index contributed by atoms with van der Waals surface area (Å²) >= 11 is 0. The Morgan fingerprint density at radius 2 is 1.77 bits per heavy atom. The fourth-order valence-corrected chi connectivity index (χ4v) is 4.69. The van der Waals surface area contributed by atoms with E-state index >= 15 is 8.78 Å². The van der Waals surface area contributed by atoms with Crippen molar-refractivity contribution >= 4 is 29.4 Å². The molecule has 2 N–H and O–H groups in total. The number of rotatable bonds is 11. The van der Waals surface area contributed by atoms with Gasteiger partial charge in [-0.05, 0) is 101 Å². The maximum absolute atomic E-state index is 15.6. The summed E-state index contributed by atoms with van der Waals surface area (Å²) in [5, 5.41) is 18.3. The number of carbonyl (C=O) groups excluding carboxylic acids is 3. The summed E-state index contributed by atoms with van der Waals surface area (Å²) in [6, 6.07) is 17.7. The minimum absolute atomic E-state index is 0.0128. The first kappa shape index (κ1) is 35.1. The number of hydrogen-bond acceptors (Lipinski definition) is 9. The second-order valence-electron chi connectivity index (χ2n) is 11.6. The number of nitrogens with one attached hydrogen (secondary N) is 2. The molecule has 4 rings (SSSR count). The zero-order chi connectivity index (χ0) is 35.0. The molecule has 0 radical (unpaired) electrons. The molecule has 0 saturated heterocycles. The number of ether oxygens (including phenoxy) is 1. The fourth-order valence-electron chi connectivity index (χ4n) is 4.69. The van der Waals surface area contributed by atoms with Gasteiger partial charge in [0, 0.05) is 16.8 Å². The lowest BCUT2D eigenvalue weighted by molar-refractivity contribution is -0.119. The van der Waals surface area contributed by atoms with Crippen LogP contribution in [0.4, 0.5) is 19.3 Å². The van der Waals surface area contributed by atoms with E-state index in [9.17, 15) is 14.4 Å². The van der Waals surface area contributed by atoms with E-state index in [1.54, 1.807) is 58.0 Å². The molecule has 1 heterocycles. The molecular formula is C36H33F2N5O5. The van der Waals surface area contributed by atoms with Crippen LogP contribution in [0.2, 0.25) is 0 Å². The lowest BCUT2D eigenvalue weighted by Gasteiger charge is -2.19. The predicted octanol–water partition coefficient (Wildman–Crippen LogP) is 6.99. The Labute approximate surface area is 276 Å². The molecule has 0 saturated carbocycles. The molecule has 0 bridgehead atoms. The Bertz CT molecular complexity index is 1920. The van der Waals surface area contributed by atoms with E-state index in [-0.39, 0.29) is 35.6 Å². The van der Waals surface area contributed by atoms with Gasteiger partial charge < -0.3 is 14.6 Å². The van der Waals surface area contributed by atoms with Crippen LogP contribution in [-0.4, -0.2) is 47.0 Å². The fraction of sp³-hybridized carbons (Fsp3) is 0.222. The molecule has 0 aliphatic heterocycles. The zero-order valence-corrected chi connectivity index (χ0v) is 26.9. The number of halogens is 2. The first-order valence-electron chi connectivity index (χ1n) is 14.8. The van der Waals surface area contributed by atoms with E-state index in [2.05, 4.69) is 20.8 Å². The number of carbonyl (C=O) groups is 3. The van der Waals surface area contributed by atoms with Crippen LogP contribution in [0.25, 0.3) is 28.4 Å². The van der Waals surface area contributed by atoms with E-state index in [4.69, 9.17) is 14.5 Å². The average molecular weight is 654 g/mol. The number of Topliss-reactive ketones (excluding diaryl/α,β-unsaturated/α-hetero) is 1. The van der Waals surface area contributed by atoms with Gasteiger partial charge in [0.2, 0.25) is 5.82 Å². The minimum atomic E-state index is -1.05. The molecule has 246 valence electrons. The van der Waals surface area contributed by atoms with Crippen molar-refractivity contribution < 1.29 is 32.4 Å². The molecule has 0 aliphatic rings. The third-order valence-electron chi connectivity index (χ3n) is 7.05. The number of anilines is 1. The molecule has 10 nitrogen and oxygen atoms in total. The van der Waals surface area contributed by atoms with Gasteiger partial charge in [-0.25, -0.2) is 13.6 Å². The van der Waals surface area contributed by atoms with Crippen LogP contribution in [0.1, 0.15) is 44.4 Å². The summed E-state index contributed by atoms with van der Waals surface area (Å²) in [6.45, 7) is 6.84. The largest absolute Gasteiger partial charge is 0.444 e. The van der Waals surface area contributed by atoms with Crippen molar-refractivity contribution in [3.63, 3.8) is 0 Å². The van der Waals surface area contributed by atoms with E-state index < -0.39 is 40.7 Å². The Hall–Kier alpha value is -5.80. The van der Waals surface area contributed by atoms with Crippen LogP contribution in [0.3, 0.4) is 0 Å². The molecule has 4 aromatic rings. The van der Waals surface area contributed by atoms with Crippen molar-refractivity contribution in [2.24, 2.45) is 0 Å². The third-order valence-corrected chi connectivity index (χ3v) is 7.05. The van der Waals surface area contributed by atoms with Crippen LogP contribution in [0.5, 0.6) is 0 Å². The molecule has 0 aliphatic carbocycles. The standard InChI is InChI=1S/C36H33F2N5O5/c1-6-26(23-10-7-21(19-39)8-11-23)31(38)28(20-44)32(45)30(40-5)18-22-9-16-27(29(37)17-22)33-42-34(48-43-33)24-12-14-25(15-13-24)41-35(46)47-36(2,3)4/h6-17,20,30,40H,18H2,1-5H3,(H,41,46)/b26-6-,31-28+. The minimum Gasteiger partial charge on any atom is -0.444 e. The van der Waals surface area contributed by atoms with E-state index in [1.807, 2.05) is 6.07 Å². The zero-order valence-electron chi connectivity index (χ0n) is 26.9. The summed E-state index contributed by atoms with van der Waals surface area (Å²) in [5.41, 5.74) is 0.919. The average Bonchev–Trinajstić information content (AvgIpc) is 3.54. The third kappa shape index (κ3) is 8.51. The highest BCUT2D eigenvalue weighted by molar-refractivity contribution is 6.16. The predicted molar refractivity (Wildman–Crippen MR) is 176 cm³/mol. The smallest absolute Gasteiger partial charge is 0.412 e. The molecule has 0 spiro atoms. The maximum Gasteiger partial charge on any atom is 0.412 e. The van der Waals surface area contributed by atoms with Crippen molar-refractivity contribution in [2.45, 2.75) is 45.8 Å². The Balaban J connectivity index is 1.49. The number of allylic oxidation sites excluding steroid dienone is 3. The molecule has 0 fully saturated rings. The molecule has 3 aromatic carbocycles. The van der Waals surface area contributed by atoms with Gasteiger partial charge in [0.05, 0.1) is 28.8 Å². The van der Waals surface area contributed by atoms with Gasteiger partial charge >= 0.3 is 6.09 Å². The van der Waals surface area contributed by atoms with Gasteiger partial charge in [-0.1, -0.05) is 29.4 Å². The summed E-state index contributed by atoms with van der Waals surface area (Å²) in [7, 11) is 1.48. The van der Waals surface area contributed by atoms with E-state index in [0.717, 1.165) is 0 Å². The first-order chi connectivity index (χ1) is 22.9. The van der Waals surface area contributed by atoms with Gasteiger partial charge in [0.15, 0.2) is 12.1 Å². The summed E-state index contributed by atoms with van der Waals surface area (Å²) < 4.78 is 41.5. The molecule has 1 unspecified atom stereocenters. The number of amides is 1. The number of nitrogens with zero attached hydrogens (tertiary/aromatic N) is 3. The van der Waals surface area contributed by atoms with Crippen molar-refractivity contribution in [3.05, 3.63) is 107 Å². The number of aromatic nitrogens is 2. The Morgan fingerprint density at radius 3 is 2.33 bits per heavy atom. The number of hydrogen-bond donors (Lipinski definition) is 2. The molecule has 12 heteroatoms. The summed E-state index contributed by atoms with van der Waals surface area (Å²) in [4.78, 5) is 41.6. The number of nitriles is 1. The topological polar surface area (TPSA) is 147 Å². The lowest BCUT2D eigenvalue weighted by atomic mass is 9.94. The van der Waals surface area contributed by atoms with Crippen molar-refractivity contribution in [2.75, 3.05) is 12.4 Å². The summed E-state index contributed by atoms with van der Waals surface area (Å²) in [5.74, 6) is -2.40. The van der Waals surface area contributed by atoms with E-state index in [0.29, 0.717) is 27.9 Å². The molecule has 1 aromatic heterocycles. The number of ketones is 1. The van der Waals surface area contributed by atoms with Gasteiger partial charge in [0.1, 0.15) is 17.2 Å². The quantitative estimate of drug-likeness (QED) is 0.0575. The monoisotopic (exact) mass is 653 g/mol. The molecular weight excluding hydrogens is 620 g/mol. The number of likely N-dealkylation sites (N-methyl/N-ethyl adjacent to an activating group) is 1. The van der Waals surface area contributed by atoms with Gasteiger partial charge in [-0.15, -0.1) is 0 Å². The second kappa shape index (κ2) is 15.2. The SMILES string of the molecule is C/C=C(\C(F)=C(\C=O)C(=O)C(Cc1ccc(-c2noc(-c3ccc(NC(=O)OC(C)(C)C)cc3)n2)c(F)c1)NC)c1ccc(C#N)cc1. The Morgan fingerprint density at radius 1 is 1.08 bits per heavy atom. The lowest BCUT2D eigenvalue weighted by Crippen LogP contribution is -2.37. The van der Waals surface area contributed by atoms with Crippen molar-refractivity contribution in [1.82, 2.24) is 15.5 Å². The van der Waals surface area contributed by atoms with Crippen LogP contribution in [0, 0.1) is 17.1 Å². The van der Waals surface area contributed by atoms with Gasteiger partial charge in [0.25, 0.3) is 5.89 Å². The van der Waals surface area contributed by atoms with Crippen LogP contribution in [-0.2, 0) is 20.7 Å². The van der Waals surface area contributed by atoms with Crippen molar-refractivity contribution in [3.8, 4) is 28.9 Å². The van der Waals surface area contributed by atoms with Gasteiger partial charge in [-0.2, -0.15) is 10.2 Å². The van der Waals surface area contributed by atoms with Crippen LogP contribution < -0.4 is 10.6 Å². The van der Waals surface area contributed by atoms with Crippen LogP contribution >= 0.6 is 0 Å². The Kier molecular flexibility index (Phi) is 11.1. The number of benzene rings is 3. The molecule has 1 atom stereocenters. The number of aldehydes is 1. The summed E-state index contributed by atoms with van der Waals surface area (Å²) in [6.07, 6.45) is 0.936. The molecule has 48 heavy (non-hydrogen) atoms. The van der Waals surface area contributed by atoms with Crippen LogP contribution in [0.15, 0.2) is 88.7 Å². The highest BCUT2D eigenvalue weighted by atomic mass is 19.1. The van der Waals surface area contributed by atoms with Gasteiger partial charge in [-0.3, -0.25) is 14.9 Å². The highest BCUT2D eigenvalue weighted by Crippen LogP contribution is 2.29. The van der Waals surface area contributed by atoms with E-state index in [1.165, 1.54) is 49.5 Å². The van der Waals surface area contributed by atoms with Crippen molar-refractivity contribution in [1.29, 1.82) is 5.26 Å². The second-order valence-corrected chi connectivity index (χ2v) is 11.6. The first-order valence-corrected chi connectivity index (χ1v) is 14.8. The molecule has 1 amide bonds. The normalized spacial score (nSPS) is 12.8.